The lowest BCUT2D eigenvalue weighted by Crippen LogP contribution is -2.54. The molecule has 0 spiro atoms. The first-order chi connectivity index (χ1) is 20.9. The maximum absolute atomic E-state index is 13.1. The fourth-order valence-electron chi connectivity index (χ4n) is 6.36. The molecule has 1 atom stereocenters. The van der Waals surface area contributed by atoms with Gasteiger partial charge < -0.3 is 10.1 Å². The van der Waals surface area contributed by atoms with E-state index in [1.807, 2.05) is 18.2 Å². The summed E-state index contributed by atoms with van der Waals surface area (Å²) in [5, 5.41) is 10.7. The summed E-state index contributed by atoms with van der Waals surface area (Å²) in [6, 6.07) is 10.5. The molecular formula is C32H32N6O5. The number of amides is 4. The van der Waals surface area contributed by atoms with Crippen LogP contribution in [0.4, 0.5) is 5.69 Å². The molecular weight excluding hydrogens is 548 g/mol. The van der Waals surface area contributed by atoms with Crippen molar-refractivity contribution < 1.29 is 23.9 Å². The molecule has 43 heavy (non-hydrogen) atoms. The zero-order valence-corrected chi connectivity index (χ0v) is 23.6. The molecule has 2 N–H and O–H groups in total. The average Bonchev–Trinajstić information content (AvgIpc) is 3.92. The lowest BCUT2D eigenvalue weighted by atomic mass is 9.80. The van der Waals surface area contributed by atoms with Gasteiger partial charge in [0, 0.05) is 42.4 Å². The molecule has 4 amide bonds. The average molecular weight is 581 g/mol. The Labute approximate surface area is 248 Å². The summed E-state index contributed by atoms with van der Waals surface area (Å²) in [5.41, 5.74) is 4.48. The van der Waals surface area contributed by atoms with Gasteiger partial charge in [-0.05, 0) is 75.1 Å². The highest BCUT2D eigenvalue weighted by Gasteiger charge is 2.44. The van der Waals surface area contributed by atoms with Gasteiger partial charge in [-0.3, -0.25) is 34.1 Å². The highest BCUT2D eigenvalue weighted by Crippen LogP contribution is 2.46. The summed E-state index contributed by atoms with van der Waals surface area (Å²) < 4.78 is 8.06. The standard InChI is InChI=1S/C32H32N6O5/c39-27-11-10-26(30(40)35-27)38-31(41)22-9-6-19(14-23(22)32(38)42)33-15-17-12-20(13-17)37-16-24(29(36-37)18-4-5-18)25-2-1-3-28(34-25)43-21-7-8-21/h1-3,6,9,14,16-18,20-21,26,33H,4-5,7-8,10-13,15H2,(H,35,39,40)/t17-,20-,26?. The van der Waals surface area contributed by atoms with Crippen molar-refractivity contribution in [2.24, 2.45) is 5.92 Å². The number of piperidine rings is 1. The lowest BCUT2D eigenvalue weighted by Gasteiger charge is -2.35. The predicted octanol–water partition coefficient (Wildman–Crippen LogP) is 3.83. The van der Waals surface area contributed by atoms with Gasteiger partial charge in [-0.15, -0.1) is 0 Å². The van der Waals surface area contributed by atoms with Crippen molar-refractivity contribution in [1.82, 2.24) is 25.0 Å². The van der Waals surface area contributed by atoms with Crippen LogP contribution >= 0.6 is 0 Å². The molecule has 3 saturated carbocycles. The topological polar surface area (TPSA) is 136 Å². The van der Waals surface area contributed by atoms with Crippen LogP contribution in [0.25, 0.3) is 11.3 Å². The Morgan fingerprint density at radius 2 is 1.74 bits per heavy atom. The first-order valence-electron chi connectivity index (χ1n) is 15.2. The number of nitrogens with zero attached hydrogens (tertiary/aromatic N) is 4. The molecule has 2 aromatic heterocycles. The predicted molar refractivity (Wildman–Crippen MR) is 154 cm³/mol. The zero-order valence-electron chi connectivity index (χ0n) is 23.6. The fraction of sp³-hybridized carbons (Fsp3) is 0.438. The molecule has 0 radical (unpaired) electrons. The molecule has 1 aromatic carbocycles. The molecule has 11 heteroatoms. The maximum Gasteiger partial charge on any atom is 0.262 e. The number of aromatic nitrogens is 3. The summed E-state index contributed by atoms with van der Waals surface area (Å²) >= 11 is 0. The molecule has 3 aliphatic carbocycles. The van der Waals surface area contributed by atoms with E-state index < -0.39 is 23.8 Å². The van der Waals surface area contributed by atoms with Gasteiger partial charge in [0.2, 0.25) is 17.7 Å². The highest BCUT2D eigenvalue weighted by atomic mass is 16.5. The number of imide groups is 2. The van der Waals surface area contributed by atoms with E-state index in [0.29, 0.717) is 29.9 Å². The van der Waals surface area contributed by atoms with Gasteiger partial charge in [0.15, 0.2) is 0 Å². The molecule has 11 nitrogen and oxygen atoms in total. The molecule has 1 unspecified atom stereocenters. The smallest absolute Gasteiger partial charge is 0.262 e. The van der Waals surface area contributed by atoms with E-state index in [-0.39, 0.29) is 29.9 Å². The number of carbonyl (C=O) groups is 4. The third-order valence-corrected chi connectivity index (χ3v) is 9.16. The first kappa shape index (κ1) is 26.1. The van der Waals surface area contributed by atoms with Crippen LogP contribution in [-0.2, 0) is 9.59 Å². The number of hydrogen-bond acceptors (Lipinski definition) is 8. The Balaban J connectivity index is 0.906. The molecule has 8 rings (SSSR count). The second kappa shape index (κ2) is 10.0. The minimum Gasteiger partial charge on any atom is -0.474 e. The number of pyridine rings is 1. The van der Waals surface area contributed by atoms with Crippen molar-refractivity contribution in [2.75, 3.05) is 11.9 Å². The van der Waals surface area contributed by atoms with Crippen molar-refractivity contribution >= 4 is 29.3 Å². The second-order valence-corrected chi connectivity index (χ2v) is 12.4. The summed E-state index contributed by atoms with van der Waals surface area (Å²) in [6.45, 7) is 0.736. The van der Waals surface area contributed by atoms with Crippen LogP contribution in [0.1, 0.15) is 89.7 Å². The van der Waals surface area contributed by atoms with E-state index in [1.54, 1.807) is 18.2 Å². The number of benzene rings is 1. The number of anilines is 1. The van der Waals surface area contributed by atoms with Gasteiger partial charge in [0.05, 0.1) is 28.6 Å². The fourth-order valence-corrected chi connectivity index (χ4v) is 6.36. The van der Waals surface area contributed by atoms with Crippen LogP contribution in [0.3, 0.4) is 0 Å². The Kier molecular flexibility index (Phi) is 6.09. The Hall–Kier alpha value is -4.54. The van der Waals surface area contributed by atoms with Crippen molar-refractivity contribution in [1.29, 1.82) is 0 Å². The summed E-state index contributed by atoms with van der Waals surface area (Å²) in [5.74, 6) is -0.355. The van der Waals surface area contributed by atoms with E-state index in [2.05, 4.69) is 21.5 Å². The number of rotatable bonds is 9. The summed E-state index contributed by atoms with van der Waals surface area (Å²) in [6.07, 6.45) is 9.21. The van der Waals surface area contributed by atoms with Gasteiger partial charge in [-0.25, -0.2) is 4.98 Å². The van der Waals surface area contributed by atoms with Crippen molar-refractivity contribution in [3.8, 4) is 17.1 Å². The van der Waals surface area contributed by atoms with E-state index in [1.165, 1.54) is 12.8 Å². The Morgan fingerprint density at radius 3 is 2.51 bits per heavy atom. The quantitative estimate of drug-likeness (QED) is 0.365. The number of nitrogens with one attached hydrogen (secondary N) is 2. The number of hydrogen-bond donors (Lipinski definition) is 2. The third-order valence-electron chi connectivity index (χ3n) is 9.16. The minimum absolute atomic E-state index is 0.0974. The van der Waals surface area contributed by atoms with Crippen LogP contribution in [0.15, 0.2) is 42.6 Å². The van der Waals surface area contributed by atoms with E-state index >= 15 is 0 Å². The Bertz CT molecular complexity index is 1670. The van der Waals surface area contributed by atoms with Gasteiger partial charge in [-0.1, -0.05) is 6.07 Å². The van der Waals surface area contributed by atoms with Crippen molar-refractivity contribution in [3.05, 3.63) is 59.4 Å². The van der Waals surface area contributed by atoms with E-state index in [9.17, 15) is 19.2 Å². The molecule has 2 aliphatic heterocycles. The van der Waals surface area contributed by atoms with E-state index in [0.717, 1.165) is 59.8 Å². The number of ether oxygens (including phenoxy) is 1. The van der Waals surface area contributed by atoms with Crippen LogP contribution < -0.4 is 15.4 Å². The largest absolute Gasteiger partial charge is 0.474 e. The lowest BCUT2D eigenvalue weighted by molar-refractivity contribution is -0.136. The minimum atomic E-state index is -0.965. The summed E-state index contributed by atoms with van der Waals surface area (Å²) in [4.78, 5) is 55.7. The molecule has 0 bridgehead atoms. The van der Waals surface area contributed by atoms with E-state index in [4.69, 9.17) is 14.8 Å². The highest BCUT2D eigenvalue weighted by molar-refractivity contribution is 6.23. The summed E-state index contributed by atoms with van der Waals surface area (Å²) in [7, 11) is 0. The number of fused-ring (bicyclic) bond motifs is 1. The van der Waals surface area contributed by atoms with Crippen LogP contribution in [0.5, 0.6) is 5.88 Å². The Morgan fingerprint density at radius 1 is 0.930 bits per heavy atom. The second-order valence-electron chi connectivity index (χ2n) is 12.4. The van der Waals surface area contributed by atoms with Gasteiger partial charge in [0.1, 0.15) is 12.1 Å². The molecule has 4 fully saturated rings. The van der Waals surface area contributed by atoms with Crippen molar-refractivity contribution in [3.63, 3.8) is 0 Å². The zero-order chi connectivity index (χ0) is 29.2. The van der Waals surface area contributed by atoms with Gasteiger partial charge in [0.25, 0.3) is 11.8 Å². The van der Waals surface area contributed by atoms with Crippen LogP contribution in [0, 0.1) is 5.92 Å². The molecule has 220 valence electrons. The van der Waals surface area contributed by atoms with Crippen LogP contribution in [-0.4, -0.2) is 62.0 Å². The number of carbonyl (C=O) groups excluding carboxylic acids is 4. The first-order valence-corrected chi connectivity index (χ1v) is 15.2. The van der Waals surface area contributed by atoms with Gasteiger partial charge in [-0.2, -0.15) is 5.10 Å². The molecule has 5 aliphatic rings. The molecule has 1 saturated heterocycles. The maximum atomic E-state index is 13.1. The monoisotopic (exact) mass is 580 g/mol. The van der Waals surface area contributed by atoms with Crippen LogP contribution in [0.2, 0.25) is 0 Å². The normalized spacial score (nSPS) is 24.9. The molecule has 4 heterocycles. The van der Waals surface area contributed by atoms with Gasteiger partial charge >= 0.3 is 0 Å². The van der Waals surface area contributed by atoms with Crippen molar-refractivity contribution in [2.45, 2.75) is 75.5 Å². The third kappa shape index (κ3) is 4.86. The molecule has 3 aromatic rings. The SMILES string of the molecule is O=C1CCC(N2C(=O)c3ccc(NC[C@H]4C[C@H](n5cc(-c6cccc(OC7CC7)n6)c(C6CC6)n5)C4)cc3C2=O)C(=O)N1.